The number of aromatic nitrogens is 1. The van der Waals surface area contributed by atoms with E-state index in [2.05, 4.69) is 88.0 Å². The van der Waals surface area contributed by atoms with E-state index in [1.807, 2.05) is 0 Å². The highest BCUT2D eigenvalue weighted by Crippen LogP contribution is 2.36. The van der Waals surface area contributed by atoms with Crippen molar-refractivity contribution >= 4 is 5.69 Å². The zero-order valence-electron chi connectivity index (χ0n) is 19.5. The van der Waals surface area contributed by atoms with Crippen LogP contribution in [0.25, 0.3) is 11.3 Å². The molecule has 0 atom stereocenters. The van der Waals surface area contributed by atoms with Gasteiger partial charge in [-0.1, -0.05) is 50.2 Å². The monoisotopic (exact) mass is 414 g/mol. The Morgan fingerprint density at radius 1 is 1.00 bits per heavy atom. The van der Waals surface area contributed by atoms with Crippen LogP contribution in [0.4, 0.5) is 5.69 Å². The highest BCUT2D eigenvalue weighted by atomic mass is 16.5. The summed E-state index contributed by atoms with van der Waals surface area (Å²) in [7, 11) is 0. The average molecular weight is 415 g/mol. The fourth-order valence-electron chi connectivity index (χ4n) is 4.68. The molecule has 3 nitrogen and oxygen atoms in total. The van der Waals surface area contributed by atoms with Crippen LogP contribution in [-0.4, -0.2) is 17.6 Å². The molecule has 0 unspecified atom stereocenters. The molecule has 1 aliphatic heterocycles. The fraction of sp³-hybridized carbons (Fsp3) is 0.393. The van der Waals surface area contributed by atoms with Gasteiger partial charge >= 0.3 is 0 Å². The van der Waals surface area contributed by atoms with E-state index in [0.29, 0.717) is 0 Å². The summed E-state index contributed by atoms with van der Waals surface area (Å²) in [6, 6.07) is 17.5. The van der Waals surface area contributed by atoms with Gasteiger partial charge in [-0.2, -0.15) is 0 Å². The van der Waals surface area contributed by atoms with E-state index < -0.39 is 0 Å². The van der Waals surface area contributed by atoms with Crippen LogP contribution in [0.2, 0.25) is 0 Å². The van der Waals surface area contributed by atoms with Crippen LogP contribution in [0.15, 0.2) is 48.5 Å². The Balaban J connectivity index is 1.78. The number of pyridine rings is 1. The summed E-state index contributed by atoms with van der Waals surface area (Å²) < 4.78 is 6.37. The van der Waals surface area contributed by atoms with Crippen molar-refractivity contribution in [2.24, 2.45) is 0 Å². The van der Waals surface area contributed by atoms with Crippen LogP contribution in [0, 0.1) is 6.92 Å². The first-order chi connectivity index (χ1) is 15.0. The molecule has 2 heterocycles. The summed E-state index contributed by atoms with van der Waals surface area (Å²) in [5.74, 6) is 0.967. The Labute approximate surface area is 187 Å². The minimum Gasteiger partial charge on any atom is -0.491 e. The minimum atomic E-state index is 0.117. The molecule has 0 amide bonds. The number of rotatable bonds is 7. The number of benzene rings is 2. The standard InChI is InChI=1S/C28H34N2O/c1-6-21-12-10-13-22(7-2)28(21)25-17-27(31-19(3)4)24(20(5)29-25)18-30-16-15-23-11-8-9-14-26(23)30/h8-14,17,19H,6-7,15-16,18H2,1-5H3. The topological polar surface area (TPSA) is 25.4 Å². The zero-order chi connectivity index (χ0) is 22.0. The van der Waals surface area contributed by atoms with Crippen LogP contribution in [0.1, 0.15) is 55.6 Å². The summed E-state index contributed by atoms with van der Waals surface area (Å²) in [5, 5.41) is 0. The van der Waals surface area contributed by atoms with Gasteiger partial charge in [0.05, 0.1) is 11.8 Å². The Morgan fingerprint density at radius 2 is 1.71 bits per heavy atom. The number of ether oxygens (including phenoxy) is 1. The van der Waals surface area contributed by atoms with Gasteiger partial charge < -0.3 is 9.64 Å². The van der Waals surface area contributed by atoms with Gasteiger partial charge in [0.2, 0.25) is 0 Å². The molecule has 0 bridgehead atoms. The van der Waals surface area contributed by atoms with Gasteiger partial charge in [-0.25, -0.2) is 0 Å². The molecule has 1 aromatic heterocycles. The van der Waals surface area contributed by atoms with Gasteiger partial charge in [-0.3, -0.25) is 4.98 Å². The molecule has 0 aliphatic carbocycles. The fourth-order valence-corrected chi connectivity index (χ4v) is 4.68. The first-order valence-corrected chi connectivity index (χ1v) is 11.6. The number of para-hydroxylation sites is 1. The molecule has 31 heavy (non-hydrogen) atoms. The number of fused-ring (bicyclic) bond motifs is 1. The van der Waals surface area contributed by atoms with Crippen LogP contribution >= 0.6 is 0 Å². The van der Waals surface area contributed by atoms with Gasteiger partial charge in [-0.05, 0) is 62.8 Å². The van der Waals surface area contributed by atoms with Crippen LogP contribution in [0.3, 0.4) is 0 Å². The number of hydrogen-bond acceptors (Lipinski definition) is 3. The van der Waals surface area contributed by atoms with Gasteiger partial charge in [0, 0.05) is 41.7 Å². The quantitative estimate of drug-likeness (QED) is 0.439. The zero-order valence-corrected chi connectivity index (χ0v) is 19.5. The van der Waals surface area contributed by atoms with E-state index in [1.165, 1.54) is 33.5 Å². The lowest BCUT2D eigenvalue weighted by Gasteiger charge is -2.24. The van der Waals surface area contributed by atoms with Gasteiger partial charge in [0.15, 0.2) is 0 Å². The van der Waals surface area contributed by atoms with Crippen LogP contribution in [-0.2, 0) is 25.8 Å². The molecule has 2 aromatic carbocycles. The molecule has 3 heteroatoms. The maximum Gasteiger partial charge on any atom is 0.128 e. The van der Waals surface area contributed by atoms with Crippen molar-refractivity contribution in [2.75, 3.05) is 11.4 Å². The molecular weight excluding hydrogens is 380 g/mol. The summed E-state index contributed by atoms with van der Waals surface area (Å²) in [5.41, 5.74) is 10.0. The van der Waals surface area contributed by atoms with Crippen LogP contribution < -0.4 is 9.64 Å². The smallest absolute Gasteiger partial charge is 0.128 e. The minimum absolute atomic E-state index is 0.117. The molecule has 0 radical (unpaired) electrons. The SMILES string of the molecule is CCc1cccc(CC)c1-c1cc(OC(C)C)c(CN2CCc3ccccc32)c(C)n1. The Kier molecular flexibility index (Phi) is 6.31. The van der Waals surface area contributed by atoms with Crippen molar-refractivity contribution < 1.29 is 4.74 Å². The molecular formula is C28H34N2O. The summed E-state index contributed by atoms with van der Waals surface area (Å²) in [4.78, 5) is 7.58. The lowest BCUT2D eigenvalue weighted by molar-refractivity contribution is 0.239. The molecule has 4 rings (SSSR count). The molecule has 0 saturated heterocycles. The first kappa shape index (κ1) is 21.4. The Morgan fingerprint density at radius 3 is 2.39 bits per heavy atom. The second kappa shape index (κ2) is 9.13. The third-order valence-corrected chi connectivity index (χ3v) is 6.24. The van der Waals surface area contributed by atoms with E-state index in [9.17, 15) is 0 Å². The highest BCUT2D eigenvalue weighted by Gasteiger charge is 2.23. The maximum absolute atomic E-state index is 6.37. The molecule has 0 spiro atoms. The number of aryl methyl sites for hydroxylation is 3. The van der Waals surface area contributed by atoms with E-state index in [0.717, 1.165) is 49.5 Å². The predicted molar refractivity (Wildman–Crippen MR) is 130 cm³/mol. The highest BCUT2D eigenvalue weighted by molar-refractivity contribution is 5.70. The Bertz CT molecular complexity index is 1050. The molecule has 3 aromatic rings. The normalized spacial score (nSPS) is 13.0. The Hall–Kier alpha value is -2.81. The third kappa shape index (κ3) is 4.32. The van der Waals surface area contributed by atoms with Crippen molar-refractivity contribution in [2.45, 2.75) is 66.5 Å². The third-order valence-electron chi connectivity index (χ3n) is 6.24. The van der Waals surface area contributed by atoms with Crippen molar-refractivity contribution in [3.05, 3.63) is 76.5 Å². The van der Waals surface area contributed by atoms with Crippen molar-refractivity contribution in [3.8, 4) is 17.0 Å². The molecule has 1 aliphatic rings. The van der Waals surface area contributed by atoms with E-state index in [1.54, 1.807) is 0 Å². The van der Waals surface area contributed by atoms with Crippen molar-refractivity contribution in [1.29, 1.82) is 0 Å². The molecule has 0 fully saturated rings. The molecule has 162 valence electrons. The van der Waals surface area contributed by atoms with Crippen molar-refractivity contribution in [3.63, 3.8) is 0 Å². The second-order valence-corrected chi connectivity index (χ2v) is 8.69. The number of nitrogens with zero attached hydrogens (tertiary/aromatic N) is 2. The van der Waals surface area contributed by atoms with E-state index in [4.69, 9.17) is 9.72 Å². The van der Waals surface area contributed by atoms with E-state index >= 15 is 0 Å². The van der Waals surface area contributed by atoms with E-state index in [-0.39, 0.29) is 6.10 Å². The summed E-state index contributed by atoms with van der Waals surface area (Å²) in [6.07, 6.45) is 3.21. The van der Waals surface area contributed by atoms with Gasteiger partial charge in [0.1, 0.15) is 5.75 Å². The van der Waals surface area contributed by atoms with Gasteiger partial charge in [0.25, 0.3) is 0 Å². The number of anilines is 1. The second-order valence-electron chi connectivity index (χ2n) is 8.69. The molecule has 0 saturated carbocycles. The summed E-state index contributed by atoms with van der Waals surface area (Å²) in [6.45, 7) is 12.6. The number of hydrogen-bond donors (Lipinski definition) is 0. The lowest BCUT2D eigenvalue weighted by atomic mass is 9.94. The average Bonchev–Trinajstić information content (AvgIpc) is 3.17. The van der Waals surface area contributed by atoms with Crippen LogP contribution in [0.5, 0.6) is 5.75 Å². The van der Waals surface area contributed by atoms with Gasteiger partial charge in [-0.15, -0.1) is 0 Å². The predicted octanol–water partition coefficient (Wildman–Crippen LogP) is 6.53. The molecule has 0 N–H and O–H groups in total. The van der Waals surface area contributed by atoms with Crippen molar-refractivity contribution in [1.82, 2.24) is 4.98 Å². The first-order valence-electron chi connectivity index (χ1n) is 11.6. The maximum atomic E-state index is 6.37. The largest absolute Gasteiger partial charge is 0.491 e. The lowest BCUT2D eigenvalue weighted by Crippen LogP contribution is -2.22. The summed E-state index contributed by atoms with van der Waals surface area (Å²) >= 11 is 0.